The van der Waals surface area contributed by atoms with E-state index in [-0.39, 0.29) is 0 Å². The molecule has 0 radical (unpaired) electrons. The Balaban J connectivity index is 1.58. The summed E-state index contributed by atoms with van der Waals surface area (Å²) in [6, 6.07) is 15.1. The van der Waals surface area contributed by atoms with Gasteiger partial charge in [-0.1, -0.05) is 24.3 Å². The van der Waals surface area contributed by atoms with E-state index in [2.05, 4.69) is 54.4 Å². The number of nitrogens with zero attached hydrogens (tertiary/aromatic N) is 1. The Hall–Kier alpha value is -1.29. The predicted molar refractivity (Wildman–Crippen MR) is 104 cm³/mol. The van der Waals surface area contributed by atoms with Crippen LogP contribution in [-0.2, 0) is 4.74 Å². The average Bonchev–Trinajstić information content (AvgIpc) is 2.82. The molecule has 0 aromatic heterocycles. The van der Waals surface area contributed by atoms with Gasteiger partial charge in [-0.05, 0) is 66.4 Å². The minimum atomic E-state index is 0.647. The van der Waals surface area contributed by atoms with E-state index in [1.54, 1.807) is 12.7 Å². The first-order valence-corrected chi connectivity index (χ1v) is 9.82. The topological polar surface area (TPSA) is 12.5 Å². The summed E-state index contributed by atoms with van der Waals surface area (Å²) in [5.41, 5.74) is 2.95. The summed E-state index contributed by atoms with van der Waals surface area (Å²) in [4.78, 5) is 3.87. The van der Waals surface area contributed by atoms with Crippen LogP contribution in [0.15, 0.2) is 47.4 Å². The molecule has 1 saturated heterocycles. The number of ether oxygens (including phenoxy) is 1. The van der Waals surface area contributed by atoms with Crippen molar-refractivity contribution in [3.8, 4) is 0 Å². The van der Waals surface area contributed by atoms with Gasteiger partial charge in [-0.25, -0.2) is 0 Å². The molecule has 0 amide bonds. The van der Waals surface area contributed by atoms with Gasteiger partial charge in [0.1, 0.15) is 0 Å². The summed E-state index contributed by atoms with van der Waals surface area (Å²) >= 11 is 1.86. The quantitative estimate of drug-likeness (QED) is 0.572. The summed E-state index contributed by atoms with van der Waals surface area (Å²) in [5.74, 6) is 1.00. The first-order chi connectivity index (χ1) is 11.7. The van der Waals surface area contributed by atoms with Crippen LogP contribution in [-0.4, -0.2) is 43.5 Å². The summed E-state index contributed by atoms with van der Waals surface area (Å²) < 4.78 is 5.13. The lowest BCUT2D eigenvalue weighted by atomic mass is 9.93. The summed E-state index contributed by atoms with van der Waals surface area (Å²) in [7, 11) is 4.03. The second kappa shape index (κ2) is 6.91. The zero-order valence-corrected chi connectivity index (χ0v) is 15.3. The molecule has 0 saturated carbocycles. The summed E-state index contributed by atoms with van der Waals surface area (Å²) in [6.45, 7) is 0.798. The number of fused-ring (bicyclic) bond motifs is 3. The van der Waals surface area contributed by atoms with Crippen LogP contribution in [0.3, 0.4) is 0 Å². The molecule has 2 atom stereocenters. The first kappa shape index (κ1) is 16.2. The third-order valence-electron chi connectivity index (χ3n) is 5.48. The fourth-order valence-electron chi connectivity index (χ4n) is 4.01. The third-order valence-corrected chi connectivity index (χ3v) is 6.44. The van der Waals surface area contributed by atoms with Crippen LogP contribution in [0.1, 0.15) is 24.8 Å². The Labute approximate surface area is 148 Å². The van der Waals surface area contributed by atoms with E-state index >= 15 is 0 Å². The van der Waals surface area contributed by atoms with Crippen molar-refractivity contribution in [1.82, 2.24) is 4.90 Å². The van der Waals surface area contributed by atoms with Gasteiger partial charge in [0.25, 0.3) is 0 Å². The van der Waals surface area contributed by atoms with Crippen LogP contribution in [0.4, 0.5) is 0 Å². The molecule has 4 rings (SSSR count). The second-order valence-corrected chi connectivity index (χ2v) is 8.09. The Bertz CT molecular complexity index is 770. The molecule has 1 fully saturated rings. The molecule has 2 bridgehead atoms. The van der Waals surface area contributed by atoms with Crippen molar-refractivity contribution < 1.29 is 4.74 Å². The fourth-order valence-corrected chi connectivity index (χ4v) is 4.87. The van der Waals surface area contributed by atoms with E-state index in [0.29, 0.717) is 6.04 Å². The Kier molecular flexibility index (Phi) is 4.66. The van der Waals surface area contributed by atoms with Crippen molar-refractivity contribution >= 4 is 28.1 Å². The van der Waals surface area contributed by atoms with Crippen LogP contribution in [0.25, 0.3) is 16.3 Å². The number of benzene rings is 2. The van der Waals surface area contributed by atoms with Gasteiger partial charge in [-0.2, -0.15) is 0 Å². The maximum Gasteiger partial charge on any atom is 0.0556 e. The number of hydrogen-bond acceptors (Lipinski definition) is 3. The van der Waals surface area contributed by atoms with Crippen LogP contribution >= 0.6 is 11.8 Å². The zero-order chi connectivity index (χ0) is 16.5. The highest BCUT2D eigenvalue weighted by Gasteiger charge is 2.33. The van der Waals surface area contributed by atoms with E-state index in [9.17, 15) is 0 Å². The van der Waals surface area contributed by atoms with Gasteiger partial charge < -0.3 is 4.74 Å². The molecule has 0 N–H and O–H groups in total. The van der Waals surface area contributed by atoms with Crippen LogP contribution in [0.2, 0.25) is 0 Å². The molecule has 2 aliphatic rings. The Morgan fingerprint density at radius 2 is 1.96 bits per heavy atom. The monoisotopic (exact) mass is 339 g/mol. The standard InChI is InChI=1S/C21H25NOS/c1-22-19-6-7-20(22)13-18(12-19)16-3-4-17-14-21(24-10-9-23-2)8-5-15(17)11-16/h3-5,8,11-12,14,19-20H,6-7,9-10,13H2,1-2H3. The molecule has 0 aliphatic carbocycles. The summed E-state index contributed by atoms with van der Waals surface area (Å²) in [5, 5.41) is 2.67. The average molecular weight is 340 g/mol. The lowest BCUT2D eigenvalue weighted by molar-refractivity contribution is 0.218. The van der Waals surface area contributed by atoms with Gasteiger partial charge in [-0.3, -0.25) is 4.90 Å². The number of rotatable bonds is 5. The number of thioether (sulfide) groups is 1. The zero-order valence-electron chi connectivity index (χ0n) is 14.5. The van der Waals surface area contributed by atoms with Crippen molar-refractivity contribution in [3.05, 3.63) is 48.0 Å². The predicted octanol–water partition coefficient (Wildman–Crippen LogP) is 4.83. The highest BCUT2D eigenvalue weighted by atomic mass is 32.2. The molecule has 2 nitrogen and oxygen atoms in total. The maximum absolute atomic E-state index is 5.13. The summed E-state index contributed by atoms with van der Waals surface area (Å²) in [6.07, 6.45) is 6.36. The normalized spacial score (nSPS) is 23.7. The maximum atomic E-state index is 5.13. The smallest absolute Gasteiger partial charge is 0.0556 e. The van der Waals surface area contributed by atoms with Gasteiger partial charge in [-0.15, -0.1) is 11.8 Å². The molecule has 126 valence electrons. The van der Waals surface area contributed by atoms with Crippen LogP contribution in [0, 0.1) is 0 Å². The second-order valence-electron chi connectivity index (χ2n) is 6.93. The van der Waals surface area contributed by atoms with Crippen LogP contribution < -0.4 is 0 Å². The highest BCUT2D eigenvalue weighted by Crippen LogP contribution is 2.38. The van der Waals surface area contributed by atoms with Gasteiger partial charge in [0.15, 0.2) is 0 Å². The van der Waals surface area contributed by atoms with Gasteiger partial charge in [0, 0.05) is 29.8 Å². The Morgan fingerprint density at radius 1 is 1.12 bits per heavy atom. The Morgan fingerprint density at radius 3 is 2.79 bits per heavy atom. The lowest BCUT2D eigenvalue weighted by Gasteiger charge is -2.30. The first-order valence-electron chi connectivity index (χ1n) is 8.83. The largest absolute Gasteiger partial charge is 0.384 e. The van der Waals surface area contributed by atoms with E-state index < -0.39 is 0 Å². The molecule has 2 aromatic carbocycles. The molecule has 2 heterocycles. The molecule has 2 aliphatic heterocycles. The van der Waals surface area contributed by atoms with Crippen molar-refractivity contribution in [1.29, 1.82) is 0 Å². The highest BCUT2D eigenvalue weighted by molar-refractivity contribution is 7.99. The molecular formula is C21H25NOS. The number of likely N-dealkylation sites (N-methyl/N-ethyl adjacent to an activating group) is 1. The fraction of sp³-hybridized carbons (Fsp3) is 0.429. The van der Waals surface area contributed by atoms with Gasteiger partial charge in [0.05, 0.1) is 6.61 Å². The minimum Gasteiger partial charge on any atom is -0.384 e. The molecule has 2 aromatic rings. The molecule has 2 unspecified atom stereocenters. The van der Waals surface area contributed by atoms with Crippen molar-refractivity contribution in [2.45, 2.75) is 36.2 Å². The molecule has 24 heavy (non-hydrogen) atoms. The van der Waals surface area contributed by atoms with E-state index in [0.717, 1.165) is 18.4 Å². The van der Waals surface area contributed by atoms with E-state index in [1.165, 1.54) is 40.5 Å². The molecular weight excluding hydrogens is 314 g/mol. The number of hydrogen-bond donors (Lipinski definition) is 0. The number of methoxy groups -OCH3 is 1. The van der Waals surface area contributed by atoms with E-state index in [1.807, 2.05) is 11.8 Å². The molecule has 3 heteroatoms. The SMILES string of the molecule is COCCSc1ccc2cc(C3=CC4CCC(C3)N4C)ccc2c1. The lowest BCUT2D eigenvalue weighted by Crippen LogP contribution is -2.34. The van der Waals surface area contributed by atoms with Crippen molar-refractivity contribution in [2.24, 2.45) is 0 Å². The van der Waals surface area contributed by atoms with Crippen LogP contribution in [0.5, 0.6) is 0 Å². The molecule has 0 spiro atoms. The van der Waals surface area contributed by atoms with Crippen molar-refractivity contribution in [2.75, 3.05) is 26.5 Å². The van der Waals surface area contributed by atoms with Gasteiger partial charge in [0.2, 0.25) is 0 Å². The third kappa shape index (κ3) is 3.13. The van der Waals surface area contributed by atoms with Crippen molar-refractivity contribution in [3.63, 3.8) is 0 Å². The van der Waals surface area contributed by atoms with Gasteiger partial charge >= 0.3 is 0 Å². The van der Waals surface area contributed by atoms with E-state index in [4.69, 9.17) is 4.74 Å². The minimum absolute atomic E-state index is 0.647.